The molecule has 5 heteroatoms. The summed E-state index contributed by atoms with van der Waals surface area (Å²) in [5.41, 5.74) is 2.21. The maximum atomic E-state index is 5.28. The molecule has 136 valence electrons. The van der Waals surface area contributed by atoms with E-state index < -0.39 is 0 Å². The Morgan fingerprint density at radius 3 is 2.70 bits per heavy atom. The number of benzene rings is 2. The van der Waals surface area contributed by atoms with Crippen molar-refractivity contribution in [1.82, 2.24) is 14.5 Å². The summed E-state index contributed by atoms with van der Waals surface area (Å²) in [6.45, 7) is 1.50. The van der Waals surface area contributed by atoms with Crippen LogP contribution in [-0.2, 0) is 13.1 Å². The van der Waals surface area contributed by atoms with E-state index in [2.05, 4.69) is 44.8 Å². The van der Waals surface area contributed by atoms with Crippen LogP contribution in [0.4, 0.5) is 5.82 Å². The number of imidazole rings is 1. The third-order valence-electron chi connectivity index (χ3n) is 4.65. The lowest BCUT2D eigenvalue weighted by molar-refractivity contribution is 0.415. The first-order valence-corrected chi connectivity index (χ1v) is 8.93. The molecule has 0 saturated carbocycles. The number of hydrogen-bond donors (Lipinski definition) is 0. The van der Waals surface area contributed by atoms with Crippen molar-refractivity contribution in [3.05, 3.63) is 84.4 Å². The molecule has 0 aliphatic rings. The van der Waals surface area contributed by atoms with Gasteiger partial charge < -0.3 is 14.2 Å². The van der Waals surface area contributed by atoms with Crippen LogP contribution in [0.15, 0.2) is 73.1 Å². The number of pyridine rings is 1. The minimum atomic E-state index is 0.689. The number of nitrogens with zero attached hydrogens (tertiary/aromatic N) is 4. The third kappa shape index (κ3) is 3.77. The van der Waals surface area contributed by atoms with Crippen molar-refractivity contribution in [3.63, 3.8) is 0 Å². The van der Waals surface area contributed by atoms with Gasteiger partial charge in [0.15, 0.2) is 0 Å². The highest BCUT2D eigenvalue weighted by Crippen LogP contribution is 2.22. The van der Waals surface area contributed by atoms with Gasteiger partial charge in [-0.15, -0.1) is 0 Å². The van der Waals surface area contributed by atoms with Gasteiger partial charge in [0.05, 0.1) is 19.2 Å². The molecule has 2 heterocycles. The summed E-state index contributed by atoms with van der Waals surface area (Å²) < 4.78 is 7.46. The Hall–Kier alpha value is -3.34. The highest BCUT2D eigenvalue weighted by molar-refractivity contribution is 5.81. The van der Waals surface area contributed by atoms with E-state index in [1.54, 1.807) is 7.11 Å². The Kier molecular flexibility index (Phi) is 4.75. The van der Waals surface area contributed by atoms with Crippen molar-refractivity contribution in [2.45, 2.75) is 13.1 Å². The van der Waals surface area contributed by atoms with Gasteiger partial charge in [-0.1, -0.05) is 30.3 Å². The van der Waals surface area contributed by atoms with Gasteiger partial charge in [-0.05, 0) is 35.9 Å². The average molecular weight is 358 g/mol. The molecule has 4 aromatic rings. The maximum absolute atomic E-state index is 5.28. The van der Waals surface area contributed by atoms with Gasteiger partial charge in [0.1, 0.15) is 17.4 Å². The van der Waals surface area contributed by atoms with Gasteiger partial charge in [0, 0.05) is 31.4 Å². The molecule has 0 radical (unpaired) electrons. The normalized spacial score (nSPS) is 10.9. The zero-order valence-electron chi connectivity index (χ0n) is 15.5. The molecule has 0 fully saturated rings. The molecule has 27 heavy (non-hydrogen) atoms. The predicted molar refractivity (Wildman–Crippen MR) is 108 cm³/mol. The fourth-order valence-electron chi connectivity index (χ4n) is 3.14. The summed E-state index contributed by atoms with van der Waals surface area (Å²) in [6, 6.07) is 20.5. The number of ether oxygens (including phenoxy) is 1. The zero-order chi connectivity index (χ0) is 18.6. The minimum absolute atomic E-state index is 0.689. The minimum Gasteiger partial charge on any atom is -0.497 e. The van der Waals surface area contributed by atoms with Gasteiger partial charge in [-0.25, -0.2) is 9.97 Å². The van der Waals surface area contributed by atoms with Crippen molar-refractivity contribution in [3.8, 4) is 5.75 Å². The van der Waals surface area contributed by atoms with E-state index in [9.17, 15) is 0 Å². The Morgan fingerprint density at radius 1 is 1.04 bits per heavy atom. The lowest BCUT2D eigenvalue weighted by atomic mass is 10.2. The maximum Gasteiger partial charge on any atom is 0.129 e. The fourth-order valence-corrected chi connectivity index (χ4v) is 3.14. The number of methoxy groups -OCH3 is 1. The highest BCUT2D eigenvalue weighted by Gasteiger charge is 2.10. The molecule has 5 nitrogen and oxygen atoms in total. The first-order valence-electron chi connectivity index (χ1n) is 8.93. The molecule has 0 saturated heterocycles. The smallest absolute Gasteiger partial charge is 0.129 e. The van der Waals surface area contributed by atoms with Crippen molar-refractivity contribution in [2.24, 2.45) is 0 Å². The molecule has 0 spiro atoms. The molecule has 0 atom stereocenters. The zero-order valence-corrected chi connectivity index (χ0v) is 15.5. The van der Waals surface area contributed by atoms with Crippen molar-refractivity contribution < 1.29 is 4.74 Å². The number of hydrogen-bond acceptors (Lipinski definition) is 4. The molecule has 0 unspecified atom stereocenters. The van der Waals surface area contributed by atoms with E-state index in [1.165, 1.54) is 5.56 Å². The van der Waals surface area contributed by atoms with Gasteiger partial charge in [0.2, 0.25) is 0 Å². The lowest BCUT2D eigenvalue weighted by Gasteiger charge is -2.19. The first kappa shape index (κ1) is 17.1. The number of aromatic nitrogens is 3. The second-order valence-electron chi connectivity index (χ2n) is 6.54. The summed E-state index contributed by atoms with van der Waals surface area (Å²) in [6.07, 6.45) is 3.88. The number of anilines is 1. The molecule has 0 aliphatic carbocycles. The van der Waals surface area contributed by atoms with Crippen LogP contribution >= 0.6 is 0 Å². The fraction of sp³-hybridized carbons (Fsp3) is 0.182. The predicted octanol–water partition coefficient (Wildman–Crippen LogP) is 4.12. The van der Waals surface area contributed by atoms with Crippen LogP contribution in [0.25, 0.3) is 10.9 Å². The summed E-state index contributed by atoms with van der Waals surface area (Å²) in [7, 11) is 3.72. The molecule has 0 aliphatic heterocycles. The largest absolute Gasteiger partial charge is 0.497 e. The molecular formula is C22H22N4O. The van der Waals surface area contributed by atoms with Crippen LogP contribution < -0.4 is 9.64 Å². The quantitative estimate of drug-likeness (QED) is 0.520. The van der Waals surface area contributed by atoms with Crippen LogP contribution in [0.1, 0.15) is 11.4 Å². The Morgan fingerprint density at radius 2 is 1.89 bits per heavy atom. The van der Waals surface area contributed by atoms with E-state index in [0.29, 0.717) is 6.54 Å². The van der Waals surface area contributed by atoms with E-state index in [0.717, 1.165) is 34.8 Å². The van der Waals surface area contributed by atoms with Crippen LogP contribution in [0.3, 0.4) is 0 Å². The SMILES string of the molecule is COc1ccc2nc(N(C)Cc3nccn3Cc3ccccc3)ccc2c1. The lowest BCUT2D eigenvalue weighted by Crippen LogP contribution is -2.20. The van der Waals surface area contributed by atoms with Gasteiger partial charge in [0.25, 0.3) is 0 Å². The Bertz CT molecular complexity index is 1040. The standard InChI is InChI=1S/C22H22N4O/c1-25(21-11-8-18-14-19(27-2)9-10-20(18)24-21)16-22-23-12-13-26(22)15-17-6-4-3-5-7-17/h3-14H,15-16H2,1-2H3. The van der Waals surface area contributed by atoms with Crippen LogP contribution in [-0.4, -0.2) is 28.7 Å². The molecular weight excluding hydrogens is 336 g/mol. The first-order chi connectivity index (χ1) is 13.2. The highest BCUT2D eigenvalue weighted by atomic mass is 16.5. The average Bonchev–Trinajstić information content (AvgIpc) is 3.14. The molecule has 4 rings (SSSR count). The van der Waals surface area contributed by atoms with Crippen LogP contribution in [0.5, 0.6) is 5.75 Å². The molecule has 2 aromatic heterocycles. The monoisotopic (exact) mass is 358 g/mol. The molecule has 0 amide bonds. The number of fused-ring (bicyclic) bond motifs is 1. The summed E-state index contributed by atoms with van der Waals surface area (Å²) >= 11 is 0. The van der Waals surface area contributed by atoms with Gasteiger partial charge in [-0.2, -0.15) is 0 Å². The van der Waals surface area contributed by atoms with Crippen LogP contribution in [0, 0.1) is 0 Å². The van der Waals surface area contributed by atoms with Crippen molar-refractivity contribution in [2.75, 3.05) is 19.1 Å². The van der Waals surface area contributed by atoms with Gasteiger partial charge >= 0.3 is 0 Å². The Labute approximate surface area is 158 Å². The summed E-state index contributed by atoms with van der Waals surface area (Å²) in [5, 5.41) is 1.07. The molecule has 0 bridgehead atoms. The second kappa shape index (κ2) is 7.50. The van der Waals surface area contributed by atoms with E-state index in [-0.39, 0.29) is 0 Å². The molecule has 2 aromatic carbocycles. The third-order valence-corrected chi connectivity index (χ3v) is 4.65. The summed E-state index contributed by atoms with van der Waals surface area (Å²) in [5.74, 6) is 2.77. The van der Waals surface area contributed by atoms with Crippen molar-refractivity contribution >= 4 is 16.7 Å². The van der Waals surface area contributed by atoms with Gasteiger partial charge in [-0.3, -0.25) is 0 Å². The van der Waals surface area contributed by atoms with E-state index >= 15 is 0 Å². The van der Waals surface area contributed by atoms with E-state index in [1.807, 2.05) is 49.8 Å². The summed E-state index contributed by atoms with van der Waals surface area (Å²) in [4.78, 5) is 11.4. The topological polar surface area (TPSA) is 43.2 Å². The number of rotatable bonds is 6. The Balaban J connectivity index is 1.53. The van der Waals surface area contributed by atoms with Crippen LogP contribution in [0.2, 0.25) is 0 Å². The second-order valence-corrected chi connectivity index (χ2v) is 6.54. The van der Waals surface area contributed by atoms with E-state index in [4.69, 9.17) is 9.72 Å². The molecule has 0 N–H and O–H groups in total. The van der Waals surface area contributed by atoms with Crippen molar-refractivity contribution in [1.29, 1.82) is 0 Å².